The van der Waals surface area contributed by atoms with Crippen LogP contribution < -0.4 is 14.8 Å². The first-order chi connectivity index (χ1) is 18.0. The maximum absolute atomic E-state index is 12.8. The number of aromatic nitrogens is 1. The number of aromatic amines is 1. The standard InChI is InChI=1S/C30H28IN3O3/c1-3-36-28-16-22(15-26(31)29(28)37-19-21-8-6-7-20(2)13-21)14-24(17-32)30(35)33-12-11-23-18-34-27-10-5-4-9-25(23)27/h4-10,13-16,18,34H,3,11-12,19H2,1-2H3,(H,33,35)/b24-14-. The molecule has 3 aromatic carbocycles. The summed E-state index contributed by atoms with van der Waals surface area (Å²) < 4.78 is 12.8. The maximum atomic E-state index is 12.8. The monoisotopic (exact) mass is 605 g/mol. The number of para-hydroxylation sites is 1. The van der Waals surface area contributed by atoms with E-state index in [9.17, 15) is 10.1 Å². The summed E-state index contributed by atoms with van der Waals surface area (Å²) >= 11 is 2.19. The smallest absolute Gasteiger partial charge is 0.261 e. The highest BCUT2D eigenvalue weighted by Crippen LogP contribution is 2.35. The van der Waals surface area contributed by atoms with Crippen molar-refractivity contribution >= 4 is 45.5 Å². The number of aryl methyl sites for hydroxylation is 1. The van der Waals surface area contributed by atoms with E-state index in [4.69, 9.17) is 9.47 Å². The zero-order valence-electron chi connectivity index (χ0n) is 20.8. The van der Waals surface area contributed by atoms with Crippen LogP contribution in [0, 0.1) is 21.8 Å². The van der Waals surface area contributed by atoms with Crippen molar-refractivity contribution in [3.63, 3.8) is 0 Å². The van der Waals surface area contributed by atoms with E-state index < -0.39 is 5.91 Å². The number of H-pyrrole nitrogens is 1. The third-order valence-corrected chi connectivity index (χ3v) is 6.63. The summed E-state index contributed by atoms with van der Waals surface area (Å²) in [5.41, 5.74) is 5.15. The number of rotatable bonds is 10. The molecule has 0 aliphatic carbocycles. The fourth-order valence-electron chi connectivity index (χ4n) is 4.09. The van der Waals surface area contributed by atoms with Gasteiger partial charge in [-0.3, -0.25) is 4.79 Å². The average Bonchev–Trinajstić information content (AvgIpc) is 3.30. The molecule has 0 fully saturated rings. The molecular weight excluding hydrogens is 577 g/mol. The van der Waals surface area contributed by atoms with E-state index in [2.05, 4.69) is 45.0 Å². The number of fused-ring (bicyclic) bond motifs is 1. The Balaban J connectivity index is 1.46. The summed E-state index contributed by atoms with van der Waals surface area (Å²) in [6, 6.07) is 21.9. The highest BCUT2D eigenvalue weighted by molar-refractivity contribution is 14.1. The fraction of sp³-hybridized carbons (Fsp3) is 0.200. The minimum absolute atomic E-state index is 0.0330. The van der Waals surface area contributed by atoms with Gasteiger partial charge in [0.25, 0.3) is 5.91 Å². The molecular formula is C30H28IN3O3. The molecule has 1 aromatic heterocycles. The van der Waals surface area contributed by atoms with E-state index in [1.54, 1.807) is 12.1 Å². The summed E-state index contributed by atoms with van der Waals surface area (Å²) in [7, 11) is 0. The highest BCUT2D eigenvalue weighted by Gasteiger charge is 2.15. The first-order valence-corrected chi connectivity index (χ1v) is 13.2. The lowest BCUT2D eigenvalue weighted by Crippen LogP contribution is -2.26. The molecule has 6 nitrogen and oxygen atoms in total. The van der Waals surface area contributed by atoms with Gasteiger partial charge in [-0.1, -0.05) is 48.0 Å². The van der Waals surface area contributed by atoms with Crippen molar-refractivity contribution in [1.29, 1.82) is 5.26 Å². The molecule has 0 saturated carbocycles. The molecule has 4 aromatic rings. The molecule has 4 rings (SSSR count). The van der Waals surface area contributed by atoms with Crippen LogP contribution in [0.15, 0.2) is 72.4 Å². The van der Waals surface area contributed by atoms with E-state index in [-0.39, 0.29) is 5.57 Å². The normalized spacial score (nSPS) is 11.2. The van der Waals surface area contributed by atoms with Gasteiger partial charge in [0.05, 0.1) is 10.2 Å². The largest absolute Gasteiger partial charge is 0.490 e. The molecule has 1 heterocycles. The van der Waals surface area contributed by atoms with Crippen molar-refractivity contribution in [3.8, 4) is 17.6 Å². The number of carbonyl (C=O) groups is 1. The number of ether oxygens (including phenoxy) is 2. The number of nitrogens with one attached hydrogen (secondary N) is 2. The van der Waals surface area contributed by atoms with Crippen LogP contribution >= 0.6 is 22.6 Å². The maximum Gasteiger partial charge on any atom is 0.261 e. The van der Waals surface area contributed by atoms with E-state index in [0.717, 1.165) is 25.6 Å². The number of nitrogens with zero attached hydrogens (tertiary/aromatic N) is 1. The Labute approximate surface area is 230 Å². The van der Waals surface area contributed by atoms with Crippen molar-refractivity contribution in [1.82, 2.24) is 10.3 Å². The van der Waals surface area contributed by atoms with Crippen LogP contribution in [0.5, 0.6) is 11.5 Å². The minimum atomic E-state index is -0.407. The van der Waals surface area contributed by atoms with E-state index in [0.29, 0.717) is 43.2 Å². The van der Waals surface area contributed by atoms with Crippen LogP contribution in [0.3, 0.4) is 0 Å². The molecule has 0 spiro atoms. The Hall–Kier alpha value is -3.77. The first kappa shape index (κ1) is 26.3. The number of benzene rings is 3. The molecule has 37 heavy (non-hydrogen) atoms. The van der Waals surface area contributed by atoms with Crippen molar-refractivity contribution < 1.29 is 14.3 Å². The number of hydrogen-bond acceptors (Lipinski definition) is 4. The number of halogens is 1. The molecule has 188 valence electrons. The fourth-order valence-corrected chi connectivity index (χ4v) is 4.87. The summed E-state index contributed by atoms with van der Waals surface area (Å²) in [5.74, 6) is 0.809. The highest BCUT2D eigenvalue weighted by atomic mass is 127. The zero-order valence-corrected chi connectivity index (χ0v) is 23.0. The average molecular weight is 605 g/mol. The number of nitriles is 1. The van der Waals surface area contributed by atoms with Crippen LogP contribution in [0.25, 0.3) is 17.0 Å². The van der Waals surface area contributed by atoms with Crippen molar-refractivity contribution in [2.24, 2.45) is 0 Å². The van der Waals surface area contributed by atoms with Gasteiger partial charge in [-0.05, 0) is 83.8 Å². The predicted molar refractivity (Wildman–Crippen MR) is 154 cm³/mol. The van der Waals surface area contributed by atoms with E-state index in [1.807, 2.05) is 68.6 Å². The minimum Gasteiger partial charge on any atom is -0.490 e. The Bertz CT molecular complexity index is 1480. The third-order valence-electron chi connectivity index (χ3n) is 5.83. The summed E-state index contributed by atoms with van der Waals surface area (Å²) in [6.45, 7) is 5.25. The van der Waals surface area contributed by atoms with E-state index >= 15 is 0 Å². The molecule has 0 atom stereocenters. The van der Waals surface area contributed by atoms with Crippen LogP contribution in [-0.2, 0) is 17.8 Å². The molecule has 7 heteroatoms. The van der Waals surface area contributed by atoms with Gasteiger partial charge in [0.15, 0.2) is 11.5 Å². The molecule has 1 amide bonds. The van der Waals surface area contributed by atoms with Gasteiger partial charge in [0.1, 0.15) is 18.2 Å². The molecule has 2 N–H and O–H groups in total. The van der Waals surface area contributed by atoms with Gasteiger partial charge < -0.3 is 19.8 Å². The van der Waals surface area contributed by atoms with Gasteiger partial charge in [0, 0.05) is 23.6 Å². The van der Waals surface area contributed by atoms with Crippen LogP contribution in [0.1, 0.15) is 29.2 Å². The van der Waals surface area contributed by atoms with Crippen molar-refractivity contribution in [2.75, 3.05) is 13.2 Å². The van der Waals surface area contributed by atoms with E-state index in [1.165, 1.54) is 5.56 Å². The zero-order chi connectivity index (χ0) is 26.2. The molecule has 0 aliphatic rings. The van der Waals surface area contributed by atoms with Crippen molar-refractivity contribution in [2.45, 2.75) is 26.9 Å². The lowest BCUT2D eigenvalue weighted by atomic mass is 10.1. The molecule has 0 saturated heterocycles. The molecule has 0 radical (unpaired) electrons. The molecule has 0 bridgehead atoms. The number of carbonyl (C=O) groups excluding carboxylic acids is 1. The summed E-state index contributed by atoms with van der Waals surface area (Å²) in [4.78, 5) is 16.0. The summed E-state index contributed by atoms with van der Waals surface area (Å²) in [6.07, 6.45) is 4.20. The Morgan fingerprint density at radius 3 is 2.76 bits per heavy atom. The molecule has 0 aliphatic heterocycles. The quantitative estimate of drug-likeness (QED) is 0.126. The Morgan fingerprint density at radius 2 is 1.97 bits per heavy atom. The summed E-state index contributed by atoms with van der Waals surface area (Å²) in [5, 5.41) is 13.7. The van der Waals surface area contributed by atoms with Crippen molar-refractivity contribution in [3.05, 3.63) is 98.3 Å². The number of amides is 1. The predicted octanol–water partition coefficient (Wildman–Crippen LogP) is 6.32. The second-order valence-electron chi connectivity index (χ2n) is 8.58. The Kier molecular flexibility index (Phi) is 8.86. The second-order valence-corrected chi connectivity index (χ2v) is 9.74. The lowest BCUT2D eigenvalue weighted by molar-refractivity contribution is -0.117. The third kappa shape index (κ3) is 6.71. The topological polar surface area (TPSA) is 87.1 Å². The number of hydrogen-bond donors (Lipinski definition) is 2. The van der Waals surface area contributed by atoms with Crippen LogP contribution in [-0.4, -0.2) is 24.0 Å². The Morgan fingerprint density at radius 1 is 1.14 bits per heavy atom. The van der Waals surface area contributed by atoms with Gasteiger partial charge in [-0.25, -0.2) is 0 Å². The van der Waals surface area contributed by atoms with Gasteiger partial charge in [-0.15, -0.1) is 0 Å². The molecule has 0 unspecified atom stereocenters. The lowest BCUT2D eigenvalue weighted by Gasteiger charge is -2.15. The first-order valence-electron chi connectivity index (χ1n) is 12.1. The second kappa shape index (κ2) is 12.5. The van der Waals surface area contributed by atoms with Gasteiger partial charge >= 0.3 is 0 Å². The van der Waals surface area contributed by atoms with Gasteiger partial charge in [-0.2, -0.15) is 5.26 Å². The SMILES string of the molecule is CCOc1cc(/C=C(/C#N)C(=O)NCCc2c[nH]c3ccccc23)cc(I)c1OCc1cccc(C)c1. The van der Waals surface area contributed by atoms with Crippen LogP contribution in [0.2, 0.25) is 0 Å². The van der Waals surface area contributed by atoms with Crippen LogP contribution in [0.4, 0.5) is 0 Å². The van der Waals surface area contributed by atoms with Gasteiger partial charge in [0.2, 0.25) is 0 Å².